The van der Waals surface area contributed by atoms with Crippen LogP contribution in [0.4, 0.5) is 0 Å². The third-order valence-electron chi connectivity index (χ3n) is 0.656. The van der Waals surface area contributed by atoms with Crippen molar-refractivity contribution in [3.8, 4) is 0 Å². The van der Waals surface area contributed by atoms with Crippen molar-refractivity contribution in [1.82, 2.24) is 0 Å². The fourth-order valence-corrected chi connectivity index (χ4v) is 0.346. The van der Waals surface area contributed by atoms with Crippen LogP contribution in [0, 0.1) is 0 Å². The molecule has 0 aromatic heterocycles. The Bertz CT molecular complexity index is 81.1. The third-order valence-corrected chi connectivity index (χ3v) is 0.656. The predicted octanol–water partition coefficient (Wildman–Crippen LogP) is 1.35. The molecule has 3 heteroatoms. The van der Waals surface area contributed by atoms with Crippen molar-refractivity contribution >= 4 is 5.97 Å². The molecule has 0 heterocycles. The summed E-state index contributed by atoms with van der Waals surface area (Å²) in [5.74, 6) is -0.125. The van der Waals surface area contributed by atoms with Gasteiger partial charge in [0.2, 0.25) is 0 Å². The Morgan fingerprint density at radius 2 is 2.00 bits per heavy atom. The van der Waals surface area contributed by atoms with Gasteiger partial charge >= 0.3 is 27.7 Å². The number of rotatable bonds is 2. The first kappa shape index (κ1) is 11.9. The average molecular weight is 164 g/mol. The van der Waals surface area contributed by atoms with Crippen molar-refractivity contribution in [2.24, 2.45) is 0 Å². The smallest absolute Gasteiger partial charge is 0.463 e. The fourth-order valence-electron chi connectivity index (χ4n) is 0.346. The van der Waals surface area contributed by atoms with E-state index in [-0.39, 0.29) is 33.8 Å². The minimum absolute atomic E-state index is 0. The number of esters is 1. The summed E-state index contributed by atoms with van der Waals surface area (Å²) in [7, 11) is 0. The monoisotopic (exact) mass is 164 g/mol. The molecule has 0 saturated carbocycles. The molecule has 9 heavy (non-hydrogen) atoms. The molecule has 0 radical (unpaired) electrons. The Balaban J connectivity index is 0. The van der Waals surface area contributed by atoms with Crippen molar-refractivity contribution < 1.29 is 31.2 Å². The molecule has 0 rings (SSSR count). The molecule has 2 nitrogen and oxygen atoms in total. The minimum Gasteiger partial charge on any atom is -0.463 e. The van der Waals surface area contributed by atoms with Gasteiger partial charge < -0.3 is 4.74 Å². The van der Waals surface area contributed by atoms with Crippen LogP contribution >= 0.6 is 0 Å². The van der Waals surface area contributed by atoms with E-state index in [1.807, 2.05) is 13.8 Å². The van der Waals surface area contributed by atoms with Gasteiger partial charge in [0.05, 0.1) is 6.10 Å². The first-order valence-electron chi connectivity index (χ1n) is 2.86. The van der Waals surface area contributed by atoms with Gasteiger partial charge in [0, 0.05) is 6.42 Å². The molecule has 0 aliphatic rings. The SMILES string of the molecule is CCC(=O)OC(C)C.[Ti+4]. The van der Waals surface area contributed by atoms with Crippen molar-refractivity contribution in [3.63, 3.8) is 0 Å². The van der Waals surface area contributed by atoms with Gasteiger partial charge in [-0.3, -0.25) is 4.79 Å². The molecule has 0 aliphatic carbocycles. The van der Waals surface area contributed by atoms with E-state index in [0.29, 0.717) is 6.42 Å². The number of hydrogen-bond donors (Lipinski definition) is 0. The van der Waals surface area contributed by atoms with Gasteiger partial charge in [-0.25, -0.2) is 0 Å². The van der Waals surface area contributed by atoms with Gasteiger partial charge in [-0.1, -0.05) is 6.92 Å². The van der Waals surface area contributed by atoms with E-state index in [0.717, 1.165) is 0 Å². The van der Waals surface area contributed by atoms with Crippen LogP contribution in [0.3, 0.4) is 0 Å². The molecule has 0 atom stereocenters. The summed E-state index contributed by atoms with van der Waals surface area (Å²) in [4.78, 5) is 10.4. The Kier molecular flexibility index (Phi) is 8.35. The van der Waals surface area contributed by atoms with E-state index in [4.69, 9.17) is 4.74 Å². The molecule has 0 aromatic carbocycles. The van der Waals surface area contributed by atoms with E-state index in [2.05, 4.69) is 0 Å². The third kappa shape index (κ3) is 8.18. The maximum Gasteiger partial charge on any atom is 4.00 e. The van der Waals surface area contributed by atoms with E-state index in [1.165, 1.54) is 0 Å². The minimum atomic E-state index is -0.125. The molecule has 0 unspecified atom stereocenters. The van der Waals surface area contributed by atoms with Crippen molar-refractivity contribution in [3.05, 3.63) is 0 Å². The van der Waals surface area contributed by atoms with E-state index >= 15 is 0 Å². The Labute approximate surface area is 70.8 Å². The van der Waals surface area contributed by atoms with Crippen LogP contribution in [0.2, 0.25) is 0 Å². The maximum atomic E-state index is 10.4. The second-order valence-corrected chi connectivity index (χ2v) is 1.89. The predicted molar refractivity (Wildman–Crippen MR) is 31.5 cm³/mol. The molecule has 0 bridgehead atoms. The van der Waals surface area contributed by atoms with E-state index < -0.39 is 0 Å². The summed E-state index contributed by atoms with van der Waals surface area (Å²) in [5, 5.41) is 0. The number of ether oxygens (including phenoxy) is 1. The molecule has 0 N–H and O–H groups in total. The molecular formula is C6H12O2Ti+4. The average Bonchev–Trinajstić information content (AvgIpc) is 1.65. The zero-order chi connectivity index (χ0) is 6.57. The molecule has 0 spiro atoms. The van der Waals surface area contributed by atoms with Crippen LogP contribution in [-0.4, -0.2) is 12.1 Å². The number of carbonyl (C=O) groups is 1. The van der Waals surface area contributed by atoms with Gasteiger partial charge in [0.1, 0.15) is 0 Å². The van der Waals surface area contributed by atoms with Crippen LogP contribution in [-0.2, 0) is 31.2 Å². The molecule has 0 fully saturated rings. The fraction of sp³-hybridized carbons (Fsp3) is 0.833. The Hall–Kier alpha value is 0.184. The van der Waals surface area contributed by atoms with Crippen LogP contribution in [0.25, 0.3) is 0 Å². The van der Waals surface area contributed by atoms with Gasteiger partial charge in [-0.05, 0) is 13.8 Å². The quantitative estimate of drug-likeness (QED) is 0.454. The summed E-state index contributed by atoms with van der Waals surface area (Å²) in [6.45, 7) is 5.46. The molecule has 48 valence electrons. The van der Waals surface area contributed by atoms with E-state index in [1.54, 1.807) is 6.92 Å². The standard InChI is InChI=1S/C6H12O2.Ti/c1-4-6(7)8-5(2)3;/h5H,4H2,1-3H3;/q;+4. The first-order chi connectivity index (χ1) is 3.66. The van der Waals surface area contributed by atoms with Crippen molar-refractivity contribution in [2.45, 2.75) is 33.3 Å². The van der Waals surface area contributed by atoms with Gasteiger partial charge in [0.25, 0.3) is 0 Å². The van der Waals surface area contributed by atoms with Gasteiger partial charge in [-0.15, -0.1) is 0 Å². The van der Waals surface area contributed by atoms with Crippen molar-refractivity contribution in [1.29, 1.82) is 0 Å². The summed E-state index contributed by atoms with van der Waals surface area (Å²) in [6.07, 6.45) is 0.500. The number of carbonyl (C=O) groups excluding carboxylic acids is 1. The summed E-state index contributed by atoms with van der Waals surface area (Å²) in [6, 6.07) is 0. The second kappa shape index (κ2) is 6.31. The Morgan fingerprint density at radius 3 is 2.11 bits per heavy atom. The Morgan fingerprint density at radius 1 is 1.56 bits per heavy atom. The maximum absolute atomic E-state index is 10.4. The zero-order valence-corrected chi connectivity index (χ0v) is 7.66. The second-order valence-electron chi connectivity index (χ2n) is 1.89. The summed E-state index contributed by atoms with van der Waals surface area (Å²) >= 11 is 0. The van der Waals surface area contributed by atoms with Crippen molar-refractivity contribution in [2.75, 3.05) is 0 Å². The normalized spacial score (nSPS) is 8.44. The molecule has 0 aromatic rings. The zero-order valence-electron chi connectivity index (χ0n) is 6.10. The van der Waals surface area contributed by atoms with E-state index in [9.17, 15) is 4.79 Å². The molecule has 0 aliphatic heterocycles. The molecule has 0 amide bonds. The van der Waals surface area contributed by atoms with Gasteiger partial charge in [-0.2, -0.15) is 0 Å². The molecule has 0 saturated heterocycles. The topological polar surface area (TPSA) is 26.3 Å². The summed E-state index contributed by atoms with van der Waals surface area (Å²) in [5.41, 5.74) is 0. The first-order valence-corrected chi connectivity index (χ1v) is 2.86. The summed E-state index contributed by atoms with van der Waals surface area (Å²) < 4.78 is 4.76. The van der Waals surface area contributed by atoms with Crippen LogP contribution < -0.4 is 0 Å². The molecular weight excluding hydrogens is 152 g/mol. The van der Waals surface area contributed by atoms with Gasteiger partial charge in [0.15, 0.2) is 0 Å². The van der Waals surface area contributed by atoms with Crippen LogP contribution in [0.15, 0.2) is 0 Å². The number of hydrogen-bond acceptors (Lipinski definition) is 2. The van der Waals surface area contributed by atoms with Crippen LogP contribution in [0.5, 0.6) is 0 Å². The largest absolute Gasteiger partial charge is 4.00 e. The van der Waals surface area contributed by atoms with Crippen LogP contribution in [0.1, 0.15) is 27.2 Å².